The minimum absolute atomic E-state index is 0.229. The predicted octanol–water partition coefficient (Wildman–Crippen LogP) is 3.33. The highest BCUT2D eigenvalue weighted by atomic mass is 32.2. The molecule has 2 aliphatic rings. The Morgan fingerprint density at radius 2 is 2.12 bits per heavy atom. The summed E-state index contributed by atoms with van der Waals surface area (Å²) in [6.45, 7) is 1.87. The van der Waals surface area contributed by atoms with Crippen LogP contribution in [0.4, 0.5) is 5.69 Å². The molecule has 0 unspecified atom stereocenters. The Morgan fingerprint density at radius 1 is 1.31 bits per heavy atom. The van der Waals surface area contributed by atoms with Crippen LogP contribution in [0, 0.1) is 0 Å². The van der Waals surface area contributed by atoms with Gasteiger partial charge in [0.05, 0.1) is 5.69 Å². The van der Waals surface area contributed by atoms with E-state index in [1.54, 1.807) is 11.8 Å². The first-order valence-corrected chi connectivity index (χ1v) is 6.04. The summed E-state index contributed by atoms with van der Waals surface area (Å²) in [6.07, 6.45) is 2.48. The zero-order valence-electron chi connectivity index (χ0n) is 8.91. The number of nitrogens with one attached hydrogen (secondary N) is 1. The summed E-state index contributed by atoms with van der Waals surface area (Å²) < 4.78 is 0. The van der Waals surface area contributed by atoms with Crippen LogP contribution in [0.25, 0.3) is 0 Å². The second-order valence-electron chi connectivity index (χ2n) is 3.99. The van der Waals surface area contributed by atoms with Crippen molar-refractivity contribution in [3.05, 3.63) is 46.5 Å². The van der Waals surface area contributed by atoms with Crippen molar-refractivity contribution in [2.45, 2.75) is 18.2 Å². The van der Waals surface area contributed by atoms with Gasteiger partial charge < -0.3 is 5.32 Å². The maximum atomic E-state index is 11.6. The lowest BCUT2D eigenvalue weighted by Crippen LogP contribution is -2.14. The molecule has 1 aliphatic carbocycles. The van der Waals surface area contributed by atoms with Crippen molar-refractivity contribution in [3.8, 4) is 0 Å². The summed E-state index contributed by atoms with van der Waals surface area (Å²) >= 11 is 1.70. The van der Waals surface area contributed by atoms with E-state index in [9.17, 15) is 4.79 Å². The predicted molar refractivity (Wildman–Crippen MR) is 66.3 cm³/mol. The van der Waals surface area contributed by atoms with Gasteiger partial charge in [-0.3, -0.25) is 4.79 Å². The van der Waals surface area contributed by atoms with Gasteiger partial charge in [0, 0.05) is 21.9 Å². The number of carbonyl (C=O) groups is 1. The summed E-state index contributed by atoms with van der Waals surface area (Å²) in [5.41, 5.74) is 3.05. The number of benzene rings is 1. The molecule has 1 aromatic rings. The second-order valence-corrected chi connectivity index (χ2v) is 5.12. The van der Waals surface area contributed by atoms with Crippen LogP contribution in [0.1, 0.15) is 13.3 Å². The fourth-order valence-corrected chi connectivity index (χ4v) is 2.96. The molecule has 0 saturated carbocycles. The number of thioether (sulfide) groups is 1. The number of carbonyl (C=O) groups excluding carboxylic acids is 1. The van der Waals surface area contributed by atoms with Crippen LogP contribution >= 0.6 is 11.8 Å². The van der Waals surface area contributed by atoms with Crippen LogP contribution in [0.2, 0.25) is 0 Å². The zero-order chi connectivity index (χ0) is 11.1. The molecule has 0 spiro atoms. The van der Waals surface area contributed by atoms with Gasteiger partial charge in [-0.05, 0) is 30.7 Å². The molecule has 1 aliphatic heterocycles. The fraction of sp³-hybridized carbons (Fsp3) is 0.154. The van der Waals surface area contributed by atoms with Crippen molar-refractivity contribution < 1.29 is 4.79 Å². The Labute approximate surface area is 98.4 Å². The van der Waals surface area contributed by atoms with Gasteiger partial charge in [0.1, 0.15) is 0 Å². The summed E-state index contributed by atoms with van der Waals surface area (Å²) in [7, 11) is 0. The molecule has 80 valence electrons. The van der Waals surface area contributed by atoms with Crippen LogP contribution < -0.4 is 5.32 Å². The van der Waals surface area contributed by atoms with E-state index in [0.717, 1.165) is 21.9 Å². The maximum Gasteiger partial charge on any atom is 0.163 e. The van der Waals surface area contributed by atoms with Gasteiger partial charge in [0.25, 0.3) is 0 Å². The molecule has 2 nitrogen and oxygen atoms in total. The van der Waals surface area contributed by atoms with E-state index in [1.165, 1.54) is 4.90 Å². The number of hydrogen-bond acceptors (Lipinski definition) is 3. The number of para-hydroxylation sites is 1. The summed E-state index contributed by atoms with van der Waals surface area (Å²) in [6, 6.07) is 8.17. The van der Waals surface area contributed by atoms with Crippen molar-refractivity contribution >= 4 is 23.2 Å². The molecule has 0 saturated heterocycles. The van der Waals surface area contributed by atoms with Crippen LogP contribution in [0.15, 0.2) is 51.4 Å². The van der Waals surface area contributed by atoms with Crippen LogP contribution in [0.5, 0.6) is 0 Å². The van der Waals surface area contributed by atoms with E-state index in [0.29, 0.717) is 6.42 Å². The van der Waals surface area contributed by atoms with E-state index in [-0.39, 0.29) is 5.78 Å². The molecule has 1 aromatic carbocycles. The average Bonchev–Trinajstić information content (AvgIpc) is 2.28. The Morgan fingerprint density at radius 3 is 3.00 bits per heavy atom. The third-order valence-corrected chi connectivity index (χ3v) is 4.00. The summed E-state index contributed by atoms with van der Waals surface area (Å²) in [5, 5.41) is 3.38. The molecule has 0 atom stereocenters. The maximum absolute atomic E-state index is 11.6. The molecule has 0 amide bonds. The van der Waals surface area contributed by atoms with Gasteiger partial charge in [-0.2, -0.15) is 0 Å². The molecular formula is C13H11NOS. The van der Waals surface area contributed by atoms with Crippen LogP contribution in [-0.4, -0.2) is 5.78 Å². The van der Waals surface area contributed by atoms with E-state index in [4.69, 9.17) is 0 Å². The van der Waals surface area contributed by atoms with E-state index in [1.807, 2.05) is 25.1 Å². The van der Waals surface area contributed by atoms with E-state index in [2.05, 4.69) is 17.4 Å². The molecule has 1 N–H and O–H groups in total. The molecule has 16 heavy (non-hydrogen) atoms. The molecule has 3 heteroatoms. The van der Waals surface area contributed by atoms with Crippen LogP contribution in [-0.2, 0) is 4.79 Å². The molecular weight excluding hydrogens is 218 g/mol. The lowest BCUT2D eigenvalue weighted by Gasteiger charge is -2.25. The molecule has 0 fully saturated rings. The van der Waals surface area contributed by atoms with Crippen LogP contribution in [0.3, 0.4) is 0 Å². The fourth-order valence-electron chi connectivity index (χ4n) is 1.89. The number of ketones is 1. The van der Waals surface area contributed by atoms with Gasteiger partial charge in [-0.1, -0.05) is 23.9 Å². The van der Waals surface area contributed by atoms with Crippen molar-refractivity contribution in [2.75, 3.05) is 5.32 Å². The van der Waals surface area contributed by atoms with Gasteiger partial charge in [-0.15, -0.1) is 0 Å². The normalized spacial score (nSPS) is 18.6. The molecule has 0 radical (unpaired) electrons. The average molecular weight is 229 g/mol. The molecule has 3 rings (SSSR count). The van der Waals surface area contributed by atoms with Crippen molar-refractivity contribution in [3.63, 3.8) is 0 Å². The summed E-state index contributed by atoms with van der Waals surface area (Å²) in [4.78, 5) is 13.9. The highest BCUT2D eigenvalue weighted by molar-refractivity contribution is 8.03. The van der Waals surface area contributed by atoms with Crippen molar-refractivity contribution in [1.29, 1.82) is 0 Å². The van der Waals surface area contributed by atoms with E-state index < -0.39 is 0 Å². The topological polar surface area (TPSA) is 29.1 Å². The van der Waals surface area contributed by atoms with Gasteiger partial charge >= 0.3 is 0 Å². The summed E-state index contributed by atoms with van der Waals surface area (Å²) in [5.74, 6) is 0.229. The van der Waals surface area contributed by atoms with E-state index >= 15 is 0 Å². The largest absolute Gasteiger partial charge is 0.354 e. The highest BCUT2D eigenvalue weighted by Gasteiger charge is 2.23. The Bertz CT molecular complexity index is 543. The SMILES string of the molecule is CC1=CC2=C(CC1=O)Sc1ccccc1N2. The molecule has 0 bridgehead atoms. The molecule has 1 heterocycles. The number of rotatable bonds is 0. The Kier molecular flexibility index (Phi) is 2.14. The standard InChI is InChI=1S/C13H11NOS/c1-8-6-10-13(7-11(8)15)16-12-5-3-2-4-9(12)14-10/h2-6,14H,7H2,1H3. The smallest absolute Gasteiger partial charge is 0.163 e. The minimum Gasteiger partial charge on any atom is -0.354 e. The van der Waals surface area contributed by atoms with Gasteiger partial charge in [0.2, 0.25) is 0 Å². The number of allylic oxidation sites excluding steroid dienone is 3. The monoisotopic (exact) mass is 229 g/mol. The van der Waals surface area contributed by atoms with Crippen molar-refractivity contribution in [2.24, 2.45) is 0 Å². The zero-order valence-corrected chi connectivity index (χ0v) is 9.73. The first-order chi connectivity index (χ1) is 7.74. The number of hydrogen-bond donors (Lipinski definition) is 1. The second kappa shape index (κ2) is 3.52. The van der Waals surface area contributed by atoms with Crippen molar-refractivity contribution in [1.82, 2.24) is 0 Å². The number of fused-ring (bicyclic) bond motifs is 1. The number of Topliss-reactive ketones (excluding diaryl/α,β-unsaturated/α-hetero) is 1. The lowest BCUT2D eigenvalue weighted by atomic mass is 10.0. The van der Waals surface area contributed by atoms with Gasteiger partial charge in [0.15, 0.2) is 5.78 Å². The third kappa shape index (κ3) is 1.48. The first kappa shape index (κ1) is 9.73. The lowest BCUT2D eigenvalue weighted by molar-refractivity contribution is -0.114. The third-order valence-electron chi connectivity index (χ3n) is 2.81. The quantitative estimate of drug-likeness (QED) is 0.739. The molecule has 0 aromatic heterocycles. The highest BCUT2D eigenvalue weighted by Crippen LogP contribution is 2.43. The number of anilines is 1. The van der Waals surface area contributed by atoms with Gasteiger partial charge in [-0.25, -0.2) is 0 Å². The Balaban J connectivity index is 2.03. The minimum atomic E-state index is 0.229. The Hall–Kier alpha value is -1.48. The first-order valence-electron chi connectivity index (χ1n) is 5.22.